The van der Waals surface area contributed by atoms with Crippen molar-refractivity contribution in [2.45, 2.75) is 6.42 Å². The Balaban J connectivity index is 1.94. The van der Waals surface area contributed by atoms with Crippen molar-refractivity contribution in [3.8, 4) is 0 Å². The molecule has 2 nitrogen and oxygen atoms in total. The van der Waals surface area contributed by atoms with Crippen LogP contribution in [0.15, 0.2) is 60.2 Å². The lowest BCUT2D eigenvalue weighted by atomic mass is 10.2. The quantitative estimate of drug-likeness (QED) is 0.761. The van der Waals surface area contributed by atoms with Crippen molar-refractivity contribution in [1.82, 2.24) is 0 Å². The topological polar surface area (TPSA) is 26.3 Å². The summed E-state index contributed by atoms with van der Waals surface area (Å²) in [4.78, 5) is 11.7. The number of carbonyl (C=O) groups is 1. The second-order valence-electron chi connectivity index (χ2n) is 3.89. The van der Waals surface area contributed by atoms with Gasteiger partial charge in [-0.15, -0.1) is 0 Å². The highest BCUT2D eigenvalue weighted by atomic mass is 19.1. The summed E-state index contributed by atoms with van der Waals surface area (Å²) in [6.07, 6.45) is 10.7. The zero-order chi connectivity index (χ0) is 12.8. The van der Waals surface area contributed by atoms with Gasteiger partial charge in [0.15, 0.2) is 0 Å². The molecular formula is C15H13FO2. The van der Waals surface area contributed by atoms with Crippen molar-refractivity contribution in [3.63, 3.8) is 0 Å². The fraction of sp³-hybridized carbons (Fsp3) is 0.133. The second kappa shape index (κ2) is 5.96. The average Bonchev–Trinajstić information content (AvgIpc) is 2.65. The molecule has 0 N–H and O–H groups in total. The van der Waals surface area contributed by atoms with Gasteiger partial charge in [0.05, 0.1) is 5.56 Å². The van der Waals surface area contributed by atoms with E-state index < -0.39 is 5.97 Å². The molecule has 0 saturated heterocycles. The molecule has 1 aliphatic carbocycles. The number of hydrogen-bond acceptors (Lipinski definition) is 2. The number of rotatable bonds is 3. The van der Waals surface area contributed by atoms with Crippen molar-refractivity contribution in [2.75, 3.05) is 6.61 Å². The Morgan fingerprint density at radius 1 is 1.22 bits per heavy atom. The molecule has 18 heavy (non-hydrogen) atoms. The summed E-state index contributed by atoms with van der Waals surface area (Å²) < 4.78 is 17.8. The minimum atomic E-state index is -0.447. The molecule has 0 saturated carbocycles. The first kappa shape index (κ1) is 12.3. The van der Waals surface area contributed by atoms with Gasteiger partial charge in [-0.2, -0.15) is 0 Å². The summed E-state index contributed by atoms with van der Waals surface area (Å²) in [5, 5.41) is 0. The minimum Gasteiger partial charge on any atom is -0.457 e. The van der Waals surface area contributed by atoms with E-state index in [1.54, 1.807) is 0 Å². The Morgan fingerprint density at radius 3 is 2.78 bits per heavy atom. The molecule has 0 aliphatic heterocycles. The first-order valence-corrected chi connectivity index (χ1v) is 5.70. The molecule has 1 aromatic rings. The minimum absolute atomic E-state index is 0.219. The maximum atomic E-state index is 12.7. The van der Waals surface area contributed by atoms with Crippen LogP contribution in [0.1, 0.15) is 16.8 Å². The molecule has 0 amide bonds. The fourth-order valence-electron chi connectivity index (χ4n) is 1.54. The van der Waals surface area contributed by atoms with Gasteiger partial charge >= 0.3 is 5.97 Å². The van der Waals surface area contributed by atoms with E-state index in [1.165, 1.54) is 24.3 Å². The lowest BCUT2D eigenvalue weighted by Gasteiger charge is -2.05. The molecule has 92 valence electrons. The Kier molecular flexibility index (Phi) is 4.07. The summed E-state index contributed by atoms with van der Waals surface area (Å²) in [7, 11) is 0. The Labute approximate surface area is 105 Å². The van der Waals surface area contributed by atoms with Crippen molar-refractivity contribution in [2.24, 2.45) is 0 Å². The van der Waals surface area contributed by atoms with Crippen LogP contribution < -0.4 is 0 Å². The van der Waals surface area contributed by atoms with Gasteiger partial charge in [-0.3, -0.25) is 0 Å². The Bertz CT molecular complexity index is 510. The highest BCUT2D eigenvalue weighted by Crippen LogP contribution is 2.08. The van der Waals surface area contributed by atoms with Gasteiger partial charge in [-0.1, -0.05) is 30.4 Å². The van der Waals surface area contributed by atoms with Crippen LogP contribution in [-0.4, -0.2) is 12.6 Å². The monoisotopic (exact) mass is 244 g/mol. The lowest BCUT2D eigenvalue weighted by molar-refractivity contribution is 0.0543. The third-order valence-corrected chi connectivity index (χ3v) is 2.50. The summed E-state index contributed by atoms with van der Waals surface area (Å²) >= 11 is 0. The number of esters is 1. The van der Waals surface area contributed by atoms with Crippen molar-refractivity contribution in [1.29, 1.82) is 0 Å². The second-order valence-corrected chi connectivity index (χ2v) is 3.89. The molecule has 0 heterocycles. The largest absolute Gasteiger partial charge is 0.457 e. The van der Waals surface area contributed by atoms with Crippen molar-refractivity contribution < 1.29 is 13.9 Å². The van der Waals surface area contributed by atoms with Crippen LogP contribution in [0.3, 0.4) is 0 Å². The van der Waals surface area contributed by atoms with Crippen LogP contribution in [0.5, 0.6) is 0 Å². The van der Waals surface area contributed by atoms with Crippen LogP contribution in [0.25, 0.3) is 0 Å². The smallest absolute Gasteiger partial charge is 0.338 e. The maximum absolute atomic E-state index is 12.7. The third-order valence-electron chi connectivity index (χ3n) is 2.50. The molecule has 1 aliphatic rings. The van der Waals surface area contributed by atoms with E-state index in [0.29, 0.717) is 5.56 Å². The van der Waals surface area contributed by atoms with Gasteiger partial charge in [0.25, 0.3) is 0 Å². The van der Waals surface area contributed by atoms with Gasteiger partial charge in [0.2, 0.25) is 0 Å². The Hall–Kier alpha value is -2.16. The number of benzene rings is 1. The molecule has 0 aromatic heterocycles. The van der Waals surface area contributed by atoms with E-state index >= 15 is 0 Å². The third kappa shape index (κ3) is 3.42. The van der Waals surface area contributed by atoms with E-state index in [0.717, 1.165) is 12.0 Å². The van der Waals surface area contributed by atoms with Crippen LogP contribution in [0.2, 0.25) is 0 Å². The summed E-state index contributed by atoms with van der Waals surface area (Å²) in [5.41, 5.74) is 1.28. The number of carbonyl (C=O) groups excluding carboxylic acids is 1. The van der Waals surface area contributed by atoms with Crippen LogP contribution in [-0.2, 0) is 4.74 Å². The molecule has 3 heteroatoms. The molecule has 0 unspecified atom stereocenters. The molecule has 2 rings (SSSR count). The molecule has 0 bridgehead atoms. The zero-order valence-electron chi connectivity index (χ0n) is 9.80. The number of ether oxygens (including phenoxy) is 1. The van der Waals surface area contributed by atoms with E-state index in [4.69, 9.17) is 4.74 Å². The van der Waals surface area contributed by atoms with Crippen molar-refractivity contribution >= 4 is 5.97 Å². The van der Waals surface area contributed by atoms with Crippen LogP contribution in [0, 0.1) is 5.82 Å². The fourth-order valence-corrected chi connectivity index (χ4v) is 1.54. The highest BCUT2D eigenvalue weighted by molar-refractivity contribution is 5.89. The highest BCUT2D eigenvalue weighted by Gasteiger charge is 2.07. The van der Waals surface area contributed by atoms with E-state index in [-0.39, 0.29) is 12.4 Å². The van der Waals surface area contributed by atoms with Crippen LogP contribution >= 0.6 is 0 Å². The van der Waals surface area contributed by atoms with E-state index in [2.05, 4.69) is 0 Å². The number of allylic oxidation sites excluding steroid dienone is 4. The molecule has 0 radical (unpaired) electrons. The summed E-state index contributed by atoms with van der Waals surface area (Å²) in [5.74, 6) is -0.816. The predicted molar refractivity (Wildman–Crippen MR) is 67.7 cm³/mol. The molecule has 0 spiro atoms. The standard InChI is InChI=1S/C15H13FO2/c16-14-9-7-13(8-10-14)15(17)18-11-12-5-3-1-2-4-6-12/h1,3-10H,2,11H2. The van der Waals surface area contributed by atoms with Gasteiger partial charge in [0.1, 0.15) is 12.4 Å². The van der Waals surface area contributed by atoms with E-state index in [1.807, 2.05) is 30.4 Å². The molecular weight excluding hydrogens is 231 g/mol. The average molecular weight is 244 g/mol. The maximum Gasteiger partial charge on any atom is 0.338 e. The Morgan fingerprint density at radius 2 is 2.00 bits per heavy atom. The normalized spacial score (nSPS) is 13.9. The predicted octanol–water partition coefficient (Wildman–Crippen LogP) is 3.43. The van der Waals surface area contributed by atoms with Gasteiger partial charge in [-0.05, 0) is 36.3 Å². The zero-order valence-corrected chi connectivity index (χ0v) is 9.80. The molecule has 1 aromatic carbocycles. The van der Waals surface area contributed by atoms with E-state index in [9.17, 15) is 9.18 Å². The lowest BCUT2D eigenvalue weighted by Crippen LogP contribution is -2.07. The molecule has 0 fully saturated rings. The first-order valence-electron chi connectivity index (χ1n) is 5.70. The van der Waals surface area contributed by atoms with Gasteiger partial charge < -0.3 is 4.74 Å². The number of hydrogen-bond donors (Lipinski definition) is 0. The van der Waals surface area contributed by atoms with Crippen LogP contribution in [0.4, 0.5) is 4.39 Å². The first-order chi connectivity index (χ1) is 8.75. The van der Waals surface area contributed by atoms with Crippen molar-refractivity contribution in [3.05, 3.63) is 71.6 Å². The summed E-state index contributed by atoms with van der Waals surface area (Å²) in [6, 6.07) is 5.30. The SMILES string of the molecule is O=C(OCC1=CC=CCC=C1)c1ccc(F)cc1. The number of halogens is 1. The molecule has 0 atom stereocenters. The van der Waals surface area contributed by atoms with Gasteiger partial charge in [0, 0.05) is 0 Å². The summed E-state index contributed by atoms with van der Waals surface area (Å²) in [6.45, 7) is 0.219. The van der Waals surface area contributed by atoms with Gasteiger partial charge in [-0.25, -0.2) is 9.18 Å².